The first-order valence-corrected chi connectivity index (χ1v) is 4.92. The first-order valence-electron chi connectivity index (χ1n) is 4.92. The lowest BCUT2D eigenvalue weighted by Gasteiger charge is -2.26. The van der Waals surface area contributed by atoms with E-state index in [1.165, 1.54) is 11.1 Å². The average molecular weight is 192 g/mol. The minimum absolute atomic E-state index is 0.331. The summed E-state index contributed by atoms with van der Waals surface area (Å²) in [5.41, 5.74) is 9.29. The highest BCUT2D eigenvalue weighted by Crippen LogP contribution is 2.34. The van der Waals surface area contributed by atoms with Gasteiger partial charge in [-0.3, -0.25) is 0 Å². The van der Waals surface area contributed by atoms with Crippen LogP contribution in [0.5, 0.6) is 5.75 Å². The molecule has 0 saturated heterocycles. The molecule has 1 atom stereocenters. The molecule has 0 spiro atoms. The summed E-state index contributed by atoms with van der Waals surface area (Å²) in [6.45, 7) is 3.13. The number of rotatable bonds is 1. The first kappa shape index (κ1) is 9.34. The third kappa shape index (κ3) is 1.34. The van der Waals surface area contributed by atoms with Crippen LogP contribution >= 0.6 is 0 Å². The zero-order valence-electron chi connectivity index (χ0n) is 8.63. The van der Waals surface area contributed by atoms with Crippen molar-refractivity contribution in [3.05, 3.63) is 23.3 Å². The summed E-state index contributed by atoms with van der Waals surface area (Å²) >= 11 is 0. The number of hydrogen-bond acceptors (Lipinski definition) is 3. The molecule has 0 aliphatic carbocycles. The second-order valence-electron chi connectivity index (χ2n) is 3.68. The molecule has 0 fully saturated rings. The van der Waals surface area contributed by atoms with E-state index in [2.05, 4.69) is 12.2 Å². The van der Waals surface area contributed by atoms with Crippen LogP contribution in [0.15, 0.2) is 12.1 Å². The van der Waals surface area contributed by atoms with Gasteiger partial charge in [-0.2, -0.15) is 0 Å². The van der Waals surface area contributed by atoms with Gasteiger partial charge in [0, 0.05) is 17.3 Å². The lowest BCUT2D eigenvalue weighted by atomic mass is 9.93. The van der Waals surface area contributed by atoms with Gasteiger partial charge in [-0.15, -0.1) is 0 Å². The molecule has 3 heteroatoms. The molecule has 3 N–H and O–H groups in total. The lowest BCUT2D eigenvalue weighted by molar-refractivity contribution is 0.396. The van der Waals surface area contributed by atoms with Crippen LogP contribution in [0.4, 0.5) is 5.69 Å². The van der Waals surface area contributed by atoms with Crippen LogP contribution in [0, 0.1) is 0 Å². The van der Waals surface area contributed by atoms with E-state index in [9.17, 15) is 0 Å². The van der Waals surface area contributed by atoms with Gasteiger partial charge in [-0.25, -0.2) is 0 Å². The second kappa shape index (κ2) is 3.50. The van der Waals surface area contributed by atoms with Gasteiger partial charge in [0.15, 0.2) is 0 Å². The van der Waals surface area contributed by atoms with Gasteiger partial charge in [0.25, 0.3) is 0 Å². The quantitative estimate of drug-likeness (QED) is 0.663. The smallest absolute Gasteiger partial charge is 0.124 e. The summed E-state index contributed by atoms with van der Waals surface area (Å²) in [7, 11) is 1.70. The third-order valence-corrected chi connectivity index (χ3v) is 2.83. The fourth-order valence-corrected chi connectivity index (χ4v) is 2.11. The molecule has 0 amide bonds. The fourth-order valence-electron chi connectivity index (χ4n) is 2.11. The van der Waals surface area contributed by atoms with Crippen LogP contribution in [0.2, 0.25) is 0 Å². The zero-order valence-corrected chi connectivity index (χ0v) is 8.63. The van der Waals surface area contributed by atoms with Crippen molar-refractivity contribution in [2.75, 3.05) is 19.4 Å². The molecule has 14 heavy (non-hydrogen) atoms. The molecule has 0 bridgehead atoms. The molecular formula is C11H16N2O. The molecule has 1 unspecified atom stereocenters. The van der Waals surface area contributed by atoms with Crippen molar-refractivity contribution < 1.29 is 4.74 Å². The lowest BCUT2D eigenvalue weighted by Crippen LogP contribution is -2.28. The van der Waals surface area contributed by atoms with Gasteiger partial charge >= 0.3 is 0 Å². The normalized spacial score (nSPS) is 20.3. The van der Waals surface area contributed by atoms with Crippen LogP contribution in [-0.2, 0) is 6.42 Å². The molecule has 0 saturated carbocycles. The Morgan fingerprint density at radius 3 is 3.00 bits per heavy atom. The Labute approximate surface area is 84.3 Å². The van der Waals surface area contributed by atoms with Crippen LogP contribution < -0.4 is 15.8 Å². The number of anilines is 1. The largest absolute Gasteiger partial charge is 0.496 e. The summed E-state index contributed by atoms with van der Waals surface area (Å²) in [5.74, 6) is 0.939. The van der Waals surface area contributed by atoms with Crippen molar-refractivity contribution in [3.63, 3.8) is 0 Å². The molecule has 1 aromatic rings. The number of nitrogens with one attached hydrogen (secondary N) is 1. The number of ether oxygens (including phenoxy) is 1. The number of nitrogen functional groups attached to an aromatic ring is 1. The number of hydrogen-bond donors (Lipinski definition) is 2. The summed E-state index contributed by atoms with van der Waals surface area (Å²) in [6.07, 6.45) is 0.989. The van der Waals surface area contributed by atoms with Gasteiger partial charge in [0.1, 0.15) is 5.75 Å². The molecule has 3 nitrogen and oxygen atoms in total. The van der Waals surface area contributed by atoms with E-state index in [1.54, 1.807) is 7.11 Å². The maximum absolute atomic E-state index is 5.94. The summed E-state index contributed by atoms with van der Waals surface area (Å²) < 4.78 is 5.34. The highest BCUT2D eigenvalue weighted by atomic mass is 16.5. The predicted octanol–water partition coefficient (Wildman–Crippen LogP) is 1.48. The molecule has 76 valence electrons. The third-order valence-electron chi connectivity index (χ3n) is 2.83. The fraction of sp³-hybridized carbons (Fsp3) is 0.455. The van der Waals surface area contributed by atoms with E-state index in [0.717, 1.165) is 24.4 Å². The molecule has 1 aliphatic rings. The minimum Gasteiger partial charge on any atom is -0.496 e. The van der Waals surface area contributed by atoms with Gasteiger partial charge in [0.05, 0.1) is 7.11 Å². The highest BCUT2D eigenvalue weighted by molar-refractivity contribution is 5.58. The predicted molar refractivity (Wildman–Crippen MR) is 57.5 cm³/mol. The van der Waals surface area contributed by atoms with Crippen molar-refractivity contribution in [2.45, 2.75) is 19.4 Å². The Hall–Kier alpha value is -1.22. The van der Waals surface area contributed by atoms with E-state index in [0.29, 0.717) is 6.04 Å². The minimum atomic E-state index is 0.331. The van der Waals surface area contributed by atoms with Gasteiger partial charge in [0.2, 0.25) is 0 Å². The first-order chi connectivity index (χ1) is 6.74. The molecule has 2 rings (SSSR count). The second-order valence-corrected chi connectivity index (χ2v) is 3.68. The van der Waals surface area contributed by atoms with Crippen LogP contribution in [-0.4, -0.2) is 13.7 Å². The van der Waals surface area contributed by atoms with E-state index in [-0.39, 0.29) is 0 Å². The van der Waals surface area contributed by atoms with Gasteiger partial charge in [-0.05, 0) is 37.6 Å². The SMILES string of the molecule is COc1ccc(N)c2c1C(C)NCC2. The maximum Gasteiger partial charge on any atom is 0.124 e. The van der Waals surface area contributed by atoms with E-state index in [4.69, 9.17) is 10.5 Å². The maximum atomic E-state index is 5.94. The highest BCUT2D eigenvalue weighted by Gasteiger charge is 2.21. The number of methoxy groups -OCH3 is 1. The van der Waals surface area contributed by atoms with Crippen molar-refractivity contribution in [2.24, 2.45) is 0 Å². The van der Waals surface area contributed by atoms with Crippen LogP contribution in [0.1, 0.15) is 24.1 Å². The molecule has 1 heterocycles. The Morgan fingerprint density at radius 1 is 1.50 bits per heavy atom. The Kier molecular flexibility index (Phi) is 2.33. The van der Waals surface area contributed by atoms with Crippen molar-refractivity contribution >= 4 is 5.69 Å². The molecular weight excluding hydrogens is 176 g/mol. The standard InChI is InChI=1S/C11H16N2O/c1-7-11-8(5-6-13-7)9(12)3-4-10(11)14-2/h3-4,7,13H,5-6,12H2,1-2H3. The molecule has 1 aliphatic heterocycles. The van der Waals surface area contributed by atoms with E-state index in [1.807, 2.05) is 12.1 Å². The van der Waals surface area contributed by atoms with E-state index < -0.39 is 0 Å². The summed E-state index contributed by atoms with van der Waals surface area (Å²) in [5, 5.41) is 3.40. The Morgan fingerprint density at radius 2 is 2.29 bits per heavy atom. The van der Waals surface area contributed by atoms with Gasteiger partial charge < -0.3 is 15.8 Å². The van der Waals surface area contributed by atoms with Crippen LogP contribution in [0.3, 0.4) is 0 Å². The van der Waals surface area contributed by atoms with Crippen molar-refractivity contribution in [1.82, 2.24) is 5.32 Å². The number of fused-ring (bicyclic) bond motifs is 1. The van der Waals surface area contributed by atoms with Crippen LogP contribution in [0.25, 0.3) is 0 Å². The monoisotopic (exact) mass is 192 g/mol. The Bertz CT molecular complexity index is 349. The molecule has 0 radical (unpaired) electrons. The zero-order chi connectivity index (χ0) is 10.1. The summed E-state index contributed by atoms with van der Waals surface area (Å²) in [4.78, 5) is 0. The number of benzene rings is 1. The van der Waals surface area contributed by atoms with Gasteiger partial charge in [-0.1, -0.05) is 0 Å². The molecule has 0 aromatic heterocycles. The average Bonchev–Trinajstić information content (AvgIpc) is 2.20. The number of nitrogens with two attached hydrogens (primary N) is 1. The Balaban J connectivity index is 2.58. The topological polar surface area (TPSA) is 47.3 Å². The van der Waals surface area contributed by atoms with Crippen molar-refractivity contribution in [3.8, 4) is 5.75 Å². The molecule has 1 aromatic carbocycles. The summed E-state index contributed by atoms with van der Waals surface area (Å²) in [6, 6.07) is 4.20. The van der Waals surface area contributed by atoms with E-state index >= 15 is 0 Å². The van der Waals surface area contributed by atoms with Crippen molar-refractivity contribution in [1.29, 1.82) is 0 Å².